The molecule has 0 saturated carbocycles. The molecule has 0 heterocycles. The third kappa shape index (κ3) is 3.42. The van der Waals surface area contributed by atoms with Gasteiger partial charge in [-0.1, -0.05) is 18.2 Å². The molecule has 0 spiro atoms. The molecule has 3 heteroatoms. The second kappa shape index (κ2) is 5.95. The van der Waals surface area contributed by atoms with Gasteiger partial charge in [-0.2, -0.15) is 0 Å². The van der Waals surface area contributed by atoms with E-state index < -0.39 is 0 Å². The topological polar surface area (TPSA) is 29.5 Å². The lowest BCUT2D eigenvalue weighted by molar-refractivity contribution is -0.125. The van der Waals surface area contributed by atoms with Gasteiger partial charge in [0.05, 0.1) is 7.11 Å². The van der Waals surface area contributed by atoms with Crippen LogP contribution in [0.15, 0.2) is 36.4 Å². The van der Waals surface area contributed by atoms with Crippen molar-refractivity contribution in [3.8, 4) is 5.75 Å². The molecule has 3 nitrogen and oxygen atoms in total. The van der Waals surface area contributed by atoms with Crippen LogP contribution in [0.3, 0.4) is 0 Å². The summed E-state index contributed by atoms with van der Waals surface area (Å²) in [4.78, 5) is 13.2. The molecule has 0 atom stereocenters. The zero-order valence-electron chi connectivity index (χ0n) is 9.93. The first-order valence-electron chi connectivity index (χ1n) is 5.18. The molecule has 0 aliphatic rings. The monoisotopic (exact) mass is 219 g/mol. The second-order valence-electron chi connectivity index (χ2n) is 3.55. The lowest BCUT2D eigenvalue weighted by atomic mass is 10.2. The number of carbonyl (C=O) groups is 1. The highest BCUT2D eigenvalue weighted by atomic mass is 16.5. The number of benzene rings is 1. The third-order valence-corrected chi connectivity index (χ3v) is 2.24. The lowest BCUT2D eigenvalue weighted by Crippen LogP contribution is -2.24. The molecule has 0 bridgehead atoms. The Morgan fingerprint density at radius 2 is 2.25 bits per heavy atom. The summed E-state index contributed by atoms with van der Waals surface area (Å²) < 4.78 is 5.13. The average Bonchev–Trinajstić information content (AvgIpc) is 2.29. The molecule has 0 saturated heterocycles. The predicted octanol–water partition coefficient (Wildman–Crippen LogP) is 2.23. The normalized spacial score (nSPS) is 10.4. The number of likely N-dealkylation sites (N-methyl/N-ethyl adjacent to an activating group) is 1. The minimum Gasteiger partial charge on any atom is -0.497 e. The summed E-state index contributed by atoms with van der Waals surface area (Å²) in [5.41, 5.74) is 1.06. The highest BCUT2D eigenvalue weighted by Gasteiger charge is 2.05. The quantitative estimate of drug-likeness (QED) is 0.727. The molecular formula is C13H17NO2. The van der Waals surface area contributed by atoms with E-state index >= 15 is 0 Å². The maximum absolute atomic E-state index is 11.5. The number of ether oxygens (including phenoxy) is 1. The SMILES string of the molecule is C/C=C/C(=O)N(C)Cc1cccc(OC)c1. The molecule has 1 rings (SSSR count). The Kier molecular flexibility index (Phi) is 4.58. The van der Waals surface area contributed by atoms with Crippen LogP contribution in [0.5, 0.6) is 5.75 Å². The van der Waals surface area contributed by atoms with Crippen molar-refractivity contribution < 1.29 is 9.53 Å². The van der Waals surface area contributed by atoms with Gasteiger partial charge in [0.2, 0.25) is 5.91 Å². The van der Waals surface area contributed by atoms with Crippen LogP contribution in [0.4, 0.5) is 0 Å². The highest BCUT2D eigenvalue weighted by molar-refractivity contribution is 5.87. The maximum Gasteiger partial charge on any atom is 0.246 e. The van der Waals surface area contributed by atoms with Gasteiger partial charge in [-0.05, 0) is 30.7 Å². The Bertz CT molecular complexity index is 385. The third-order valence-electron chi connectivity index (χ3n) is 2.24. The number of methoxy groups -OCH3 is 1. The number of hydrogen-bond donors (Lipinski definition) is 0. The van der Waals surface area contributed by atoms with Crippen molar-refractivity contribution in [2.75, 3.05) is 14.2 Å². The molecule has 0 aliphatic carbocycles. The van der Waals surface area contributed by atoms with Gasteiger partial charge in [-0.3, -0.25) is 4.79 Å². The smallest absolute Gasteiger partial charge is 0.246 e. The van der Waals surface area contributed by atoms with Crippen molar-refractivity contribution in [1.82, 2.24) is 4.90 Å². The standard InChI is InChI=1S/C13H17NO2/c1-4-6-13(15)14(2)10-11-7-5-8-12(9-11)16-3/h4-9H,10H2,1-3H3/b6-4+. The first-order valence-corrected chi connectivity index (χ1v) is 5.18. The molecule has 1 aromatic rings. The fourth-order valence-electron chi connectivity index (χ4n) is 1.39. The molecule has 16 heavy (non-hydrogen) atoms. The molecule has 86 valence electrons. The van der Waals surface area contributed by atoms with E-state index in [9.17, 15) is 4.79 Å². The molecule has 0 aromatic heterocycles. The van der Waals surface area contributed by atoms with E-state index in [1.165, 1.54) is 0 Å². The molecule has 1 aromatic carbocycles. The minimum atomic E-state index is 0.00493. The van der Waals surface area contributed by atoms with Crippen LogP contribution in [0.25, 0.3) is 0 Å². The lowest BCUT2D eigenvalue weighted by Gasteiger charge is -2.15. The van der Waals surface area contributed by atoms with Crippen LogP contribution in [0.1, 0.15) is 12.5 Å². The average molecular weight is 219 g/mol. The Morgan fingerprint density at radius 3 is 2.88 bits per heavy atom. The number of carbonyl (C=O) groups excluding carboxylic acids is 1. The maximum atomic E-state index is 11.5. The van der Waals surface area contributed by atoms with Gasteiger partial charge in [0, 0.05) is 13.6 Å². The zero-order valence-corrected chi connectivity index (χ0v) is 9.93. The highest BCUT2D eigenvalue weighted by Crippen LogP contribution is 2.13. The van der Waals surface area contributed by atoms with Crippen LogP contribution >= 0.6 is 0 Å². The molecule has 0 unspecified atom stereocenters. The van der Waals surface area contributed by atoms with Gasteiger partial charge in [-0.15, -0.1) is 0 Å². The molecule has 0 radical (unpaired) electrons. The van der Waals surface area contributed by atoms with Gasteiger partial charge in [0.1, 0.15) is 5.75 Å². The Morgan fingerprint density at radius 1 is 1.50 bits per heavy atom. The number of nitrogens with zero attached hydrogens (tertiary/aromatic N) is 1. The van der Waals surface area contributed by atoms with Crippen LogP contribution in [0, 0.1) is 0 Å². The number of rotatable bonds is 4. The summed E-state index contributed by atoms with van der Waals surface area (Å²) in [6.45, 7) is 2.41. The van der Waals surface area contributed by atoms with Crippen molar-refractivity contribution in [2.24, 2.45) is 0 Å². The largest absolute Gasteiger partial charge is 0.497 e. The fourth-order valence-corrected chi connectivity index (χ4v) is 1.39. The van der Waals surface area contributed by atoms with Crippen molar-refractivity contribution in [1.29, 1.82) is 0 Å². The van der Waals surface area contributed by atoms with Crippen LogP contribution in [-0.2, 0) is 11.3 Å². The van der Waals surface area contributed by atoms with Crippen molar-refractivity contribution in [3.63, 3.8) is 0 Å². The number of amides is 1. The van der Waals surface area contributed by atoms with E-state index in [1.54, 1.807) is 31.2 Å². The summed E-state index contributed by atoms with van der Waals surface area (Å²) in [5.74, 6) is 0.815. The minimum absolute atomic E-state index is 0.00493. The second-order valence-corrected chi connectivity index (χ2v) is 3.55. The summed E-state index contributed by atoms with van der Waals surface area (Å²) in [6, 6.07) is 7.71. The number of allylic oxidation sites excluding steroid dienone is 1. The van der Waals surface area contributed by atoms with Gasteiger partial charge in [-0.25, -0.2) is 0 Å². The molecule has 0 fully saturated rings. The molecular weight excluding hydrogens is 202 g/mol. The van der Waals surface area contributed by atoms with Gasteiger partial charge in [0.15, 0.2) is 0 Å². The first kappa shape index (κ1) is 12.3. The zero-order chi connectivity index (χ0) is 12.0. The van der Waals surface area contributed by atoms with Crippen molar-refractivity contribution >= 4 is 5.91 Å². The first-order chi connectivity index (χ1) is 7.67. The van der Waals surface area contributed by atoms with Gasteiger partial charge in [0.25, 0.3) is 0 Å². The van der Waals surface area contributed by atoms with Crippen LogP contribution in [-0.4, -0.2) is 25.0 Å². The van der Waals surface area contributed by atoms with E-state index in [0.29, 0.717) is 6.54 Å². The van der Waals surface area contributed by atoms with E-state index in [4.69, 9.17) is 4.74 Å². The van der Waals surface area contributed by atoms with Crippen LogP contribution in [0.2, 0.25) is 0 Å². The van der Waals surface area contributed by atoms with Crippen molar-refractivity contribution in [3.05, 3.63) is 42.0 Å². The van der Waals surface area contributed by atoms with Crippen LogP contribution < -0.4 is 4.74 Å². The van der Waals surface area contributed by atoms with E-state index in [2.05, 4.69) is 0 Å². The van der Waals surface area contributed by atoms with Gasteiger partial charge >= 0.3 is 0 Å². The molecule has 0 aliphatic heterocycles. The Balaban J connectivity index is 2.68. The van der Waals surface area contributed by atoms with Crippen molar-refractivity contribution in [2.45, 2.75) is 13.5 Å². The summed E-state index contributed by atoms with van der Waals surface area (Å²) in [7, 11) is 3.41. The van der Waals surface area contributed by atoms with E-state index in [-0.39, 0.29) is 5.91 Å². The Hall–Kier alpha value is -1.77. The summed E-state index contributed by atoms with van der Waals surface area (Å²) in [5, 5.41) is 0. The fraction of sp³-hybridized carbons (Fsp3) is 0.308. The van der Waals surface area contributed by atoms with Gasteiger partial charge < -0.3 is 9.64 Å². The molecule has 1 amide bonds. The predicted molar refractivity (Wildman–Crippen MR) is 64.3 cm³/mol. The Labute approximate surface area is 96.3 Å². The summed E-state index contributed by atoms with van der Waals surface area (Å²) in [6.07, 6.45) is 3.30. The summed E-state index contributed by atoms with van der Waals surface area (Å²) >= 11 is 0. The molecule has 0 N–H and O–H groups in total. The number of hydrogen-bond acceptors (Lipinski definition) is 2. The van der Waals surface area contributed by atoms with E-state index in [1.807, 2.05) is 31.2 Å². The van der Waals surface area contributed by atoms with E-state index in [0.717, 1.165) is 11.3 Å².